The summed E-state index contributed by atoms with van der Waals surface area (Å²) in [6.45, 7) is 9.72. The average molecular weight is 540 g/mol. The lowest BCUT2D eigenvalue weighted by atomic mass is 9.94. The summed E-state index contributed by atoms with van der Waals surface area (Å²) in [6, 6.07) is 3.95. The highest BCUT2D eigenvalue weighted by atomic mass is 35.5. The fourth-order valence-corrected chi connectivity index (χ4v) is 4.94. The Balaban J connectivity index is 1.96. The Morgan fingerprint density at radius 1 is 1.14 bits per heavy atom. The monoisotopic (exact) mass is 539 g/mol. The van der Waals surface area contributed by atoms with E-state index in [0.29, 0.717) is 61.1 Å². The number of amides is 4. The van der Waals surface area contributed by atoms with Gasteiger partial charge in [0, 0.05) is 51.5 Å². The van der Waals surface area contributed by atoms with Gasteiger partial charge in [-0.05, 0) is 38.3 Å². The van der Waals surface area contributed by atoms with Gasteiger partial charge in [0.15, 0.2) is 0 Å². The van der Waals surface area contributed by atoms with Crippen LogP contribution in [0.2, 0.25) is 10.0 Å². The van der Waals surface area contributed by atoms with Crippen LogP contribution in [-0.4, -0.2) is 85.2 Å². The molecule has 2 aliphatic heterocycles. The zero-order chi connectivity index (χ0) is 26.2. The molecule has 1 saturated heterocycles. The van der Waals surface area contributed by atoms with Gasteiger partial charge in [0.2, 0.25) is 0 Å². The number of nitrogens with zero attached hydrogens (tertiary/aromatic N) is 3. The van der Waals surface area contributed by atoms with E-state index in [-0.39, 0.29) is 23.7 Å². The van der Waals surface area contributed by atoms with Crippen molar-refractivity contribution in [3.8, 4) is 0 Å². The van der Waals surface area contributed by atoms with Crippen LogP contribution in [0.4, 0.5) is 9.59 Å². The van der Waals surface area contributed by atoms with Crippen molar-refractivity contribution in [2.75, 3.05) is 52.4 Å². The number of hydrogen-bond donors (Lipinski definition) is 2. The number of carbonyl (C=O) groups excluding carboxylic acids is 3. The van der Waals surface area contributed by atoms with Gasteiger partial charge in [-0.25, -0.2) is 14.4 Å². The molecule has 1 unspecified atom stereocenters. The van der Waals surface area contributed by atoms with Crippen LogP contribution in [0.5, 0.6) is 0 Å². The number of esters is 1. The number of ether oxygens (including phenoxy) is 1. The van der Waals surface area contributed by atoms with Crippen molar-refractivity contribution in [2.24, 2.45) is 0 Å². The molecule has 4 amide bonds. The van der Waals surface area contributed by atoms with E-state index in [4.69, 9.17) is 27.9 Å². The van der Waals surface area contributed by atoms with Crippen molar-refractivity contribution in [3.05, 3.63) is 45.1 Å². The number of benzene rings is 1. The molecule has 2 heterocycles. The molecule has 1 fully saturated rings. The molecule has 11 heteroatoms. The second kappa shape index (κ2) is 13.2. The Morgan fingerprint density at radius 2 is 1.92 bits per heavy atom. The summed E-state index contributed by atoms with van der Waals surface area (Å²) in [6.07, 6.45) is 1.66. The number of hydrogen-bond acceptors (Lipinski definition) is 5. The Bertz CT molecular complexity index is 1000. The van der Waals surface area contributed by atoms with Crippen molar-refractivity contribution in [1.82, 2.24) is 25.3 Å². The van der Waals surface area contributed by atoms with Gasteiger partial charge < -0.3 is 20.3 Å². The third-order valence-corrected chi connectivity index (χ3v) is 7.15. The van der Waals surface area contributed by atoms with E-state index in [9.17, 15) is 14.4 Å². The van der Waals surface area contributed by atoms with Gasteiger partial charge in [-0.2, -0.15) is 0 Å². The number of rotatable bonds is 8. The van der Waals surface area contributed by atoms with Crippen LogP contribution < -0.4 is 10.6 Å². The summed E-state index contributed by atoms with van der Waals surface area (Å²) in [5, 5.41) is 6.46. The summed E-state index contributed by atoms with van der Waals surface area (Å²) >= 11 is 12.8. The van der Waals surface area contributed by atoms with Crippen molar-refractivity contribution in [3.63, 3.8) is 0 Å². The lowest BCUT2D eigenvalue weighted by Crippen LogP contribution is -2.51. The van der Waals surface area contributed by atoms with Crippen LogP contribution in [0.3, 0.4) is 0 Å². The highest BCUT2D eigenvalue weighted by Gasteiger charge is 2.39. The Labute approximate surface area is 222 Å². The molecule has 0 spiro atoms. The van der Waals surface area contributed by atoms with E-state index in [1.165, 1.54) is 0 Å². The maximum Gasteiger partial charge on any atom is 0.338 e. The molecule has 0 aromatic heterocycles. The molecule has 0 bridgehead atoms. The van der Waals surface area contributed by atoms with Crippen LogP contribution in [0, 0.1) is 0 Å². The smallest absolute Gasteiger partial charge is 0.338 e. The third kappa shape index (κ3) is 6.44. The minimum absolute atomic E-state index is 0.0620. The summed E-state index contributed by atoms with van der Waals surface area (Å²) < 4.78 is 5.43. The van der Waals surface area contributed by atoms with E-state index in [0.717, 1.165) is 19.4 Å². The number of urea groups is 2. The lowest BCUT2D eigenvalue weighted by Gasteiger charge is -2.38. The first-order chi connectivity index (χ1) is 17.3. The van der Waals surface area contributed by atoms with Crippen molar-refractivity contribution >= 4 is 41.2 Å². The van der Waals surface area contributed by atoms with E-state index in [2.05, 4.69) is 15.5 Å². The van der Waals surface area contributed by atoms with Crippen molar-refractivity contribution < 1.29 is 19.1 Å². The van der Waals surface area contributed by atoms with Crippen LogP contribution >= 0.6 is 23.2 Å². The first-order valence-corrected chi connectivity index (χ1v) is 13.2. The number of likely N-dealkylation sites (N-methyl/N-ethyl adjacent to an activating group) is 1. The van der Waals surface area contributed by atoms with Crippen LogP contribution in [0.15, 0.2) is 29.5 Å². The molecule has 0 radical (unpaired) electrons. The van der Waals surface area contributed by atoms with Crippen molar-refractivity contribution in [2.45, 2.75) is 39.7 Å². The van der Waals surface area contributed by atoms with Gasteiger partial charge >= 0.3 is 18.0 Å². The predicted octanol–water partition coefficient (Wildman–Crippen LogP) is 4.02. The predicted molar refractivity (Wildman–Crippen MR) is 140 cm³/mol. The normalized spacial score (nSPS) is 19.1. The number of nitrogens with one attached hydrogen (secondary N) is 2. The number of carbonyl (C=O) groups is 3. The minimum Gasteiger partial charge on any atom is -0.463 e. The van der Waals surface area contributed by atoms with Crippen LogP contribution in [0.1, 0.15) is 45.2 Å². The summed E-state index contributed by atoms with van der Waals surface area (Å²) in [5.74, 6) is -0.512. The zero-order valence-electron chi connectivity index (χ0n) is 21.1. The molecule has 198 valence electrons. The lowest BCUT2D eigenvalue weighted by molar-refractivity contribution is -0.139. The second-order valence-electron chi connectivity index (χ2n) is 8.70. The highest BCUT2D eigenvalue weighted by Crippen LogP contribution is 2.37. The molecule has 1 aromatic rings. The van der Waals surface area contributed by atoms with E-state index in [1.807, 2.05) is 18.7 Å². The maximum absolute atomic E-state index is 13.3. The molecule has 0 aliphatic carbocycles. The van der Waals surface area contributed by atoms with Gasteiger partial charge in [-0.3, -0.25) is 9.80 Å². The SMILES string of the molecule is CCCNC(=O)N1CCCN(CC2=C(C(=O)OCC)C(c3cccc(Cl)c3Cl)NC(=O)N2CC)CC1. The standard InChI is InChI=1S/C25H35Cl2N5O4/c1-4-11-28-24(34)31-13-8-12-30(14-15-31)16-19-20(23(33)36-6-3)22(29-25(35)32(19)5-2)17-9-7-10-18(26)21(17)27/h7,9-10,22H,4-6,8,11-16H2,1-3H3,(H,28,34)(H,29,35). The van der Waals surface area contributed by atoms with E-state index < -0.39 is 12.0 Å². The van der Waals surface area contributed by atoms with Gasteiger partial charge in [0.05, 0.1) is 28.3 Å². The zero-order valence-corrected chi connectivity index (χ0v) is 22.6. The summed E-state index contributed by atoms with van der Waals surface area (Å²) in [5.41, 5.74) is 1.44. The number of halogens is 2. The minimum atomic E-state index is -0.802. The Kier molecular flexibility index (Phi) is 10.3. The molecule has 1 atom stereocenters. The Hall–Kier alpha value is -2.49. The molecular weight excluding hydrogens is 505 g/mol. The molecule has 1 aromatic carbocycles. The van der Waals surface area contributed by atoms with Crippen LogP contribution in [0.25, 0.3) is 0 Å². The maximum atomic E-state index is 13.3. The largest absolute Gasteiger partial charge is 0.463 e. The molecule has 0 saturated carbocycles. The molecule has 36 heavy (non-hydrogen) atoms. The fraction of sp³-hybridized carbons (Fsp3) is 0.560. The molecule has 2 aliphatic rings. The van der Waals surface area contributed by atoms with E-state index in [1.54, 1.807) is 30.0 Å². The van der Waals surface area contributed by atoms with Crippen molar-refractivity contribution in [1.29, 1.82) is 0 Å². The molecule has 2 N–H and O–H groups in total. The topological polar surface area (TPSA) is 94.2 Å². The first-order valence-electron chi connectivity index (χ1n) is 12.5. The third-order valence-electron chi connectivity index (χ3n) is 6.32. The molecular formula is C25H35Cl2N5O4. The highest BCUT2D eigenvalue weighted by molar-refractivity contribution is 6.42. The summed E-state index contributed by atoms with van der Waals surface area (Å²) in [7, 11) is 0. The van der Waals surface area contributed by atoms with Gasteiger partial charge in [-0.15, -0.1) is 0 Å². The molecule has 9 nitrogen and oxygen atoms in total. The first kappa shape index (κ1) is 28.1. The van der Waals surface area contributed by atoms with Crippen LogP contribution in [-0.2, 0) is 9.53 Å². The Morgan fingerprint density at radius 3 is 2.61 bits per heavy atom. The average Bonchev–Trinajstić information content (AvgIpc) is 3.10. The fourth-order valence-electron chi connectivity index (χ4n) is 4.52. The van der Waals surface area contributed by atoms with Gasteiger partial charge in [0.25, 0.3) is 0 Å². The quantitative estimate of drug-likeness (QED) is 0.486. The second-order valence-corrected chi connectivity index (χ2v) is 9.48. The van der Waals surface area contributed by atoms with E-state index >= 15 is 0 Å². The van der Waals surface area contributed by atoms with Gasteiger partial charge in [-0.1, -0.05) is 42.3 Å². The molecule has 3 rings (SSSR count). The van der Waals surface area contributed by atoms with Gasteiger partial charge in [0.1, 0.15) is 0 Å². The summed E-state index contributed by atoms with van der Waals surface area (Å²) in [4.78, 5) is 44.5.